The van der Waals surface area contributed by atoms with Gasteiger partial charge in [-0.1, -0.05) is 29.8 Å². The molecule has 0 saturated carbocycles. The van der Waals surface area contributed by atoms with Crippen LogP contribution in [0.5, 0.6) is 5.75 Å². The second-order valence-electron chi connectivity index (χ2n) is 5.56. The Morgan fingerprint density at radius 3 is 2.62 bits per heavy atom. The Balaban J connectivity index is 1.73. The van der Waals surface area contributed by atoms with E-state index in [9.17, 15) is 13.2 Å². The first-order valence-corrected chi connectivity index (χ1v) is 9.92. The molecule has 0 aliphatic rings. The molecule has 0 bridgehead atoms. The number of ether oxygens (including phenoxy) is 1. The molecule has 0 fully saturated rings. The maximum Gasteiger partial charge on any atom is 0.240 e. The van der Waals surface area contributed by atoms with E-state index in [0.29, 0.717) is 17.9 Å². The number of nitrogens with one attached hydrogen (secondary N) is 2. The van der Waals surface area contributed by atoms with Crippen LogP contribution >= 0.6 is 11.6 Å². The topological polar surface area (TPSA) is 84.5 Å². The molecule has 0 aliphatic carbocycles. The summed E-state index contributed by atoms with van der Waals surface area (Å²) in [5.74, 6) is 0.605. The number of sulfonamides is 1. The van der Waals surface area contributed by atoms with Crippen molar-refractivity contribution in [1.82, 2.24) is 10.0 Å². The summed E-state index contributed by atoms with van der Waals surface area (Å²) in [7, 11) is -2.05. The smallest absolute Gasteiger partial charge is 0.240 e. The third kappa shape index (κ3) is 6.33. The maximum atomic E-state index is 12.1. The van der Waals surface area contributed by atoms with E-state index >= 15 is 0 Å². The van der Waals surface area contributed by atoms with E-state index in [0.717, 1.165) is 11.3 Å². The molecule has 0 radical (unpaired) electrons. The van der Waals surface area contributed by atoms with Gasteiger partial charge in [0.25, 0.3) is 0 Å². The van der Waals surface area contributed by atoms with E-state index in [1.54, 1.807) is 19.2 Å². The Hall–Kier alpha value is -2.09. The van der Waals surface area contributed by atoms with Crippen LogP contribution in [0.15, 0.2) is 53.4 Å². The molecule has 26 heavy (non-hydrogen) atoms. The predicted molar refractivity (Wildman–Crippen MR) is 101 cm³/mol. The van der Waals surface area contributed by atoms with Crippen molar-refractivity contribution in [2.45, 2.75) is 17.7 Å². The van der Waals surface area contributed by atoms with Crippen LogP contribution in [0.1, 0.15) is 12.0 Å². The molecule has 6 nitrogen and oxygen atoms in total. The van der Waals surface area contributed by atoms with Gasteiger partial charge in [-0.05, 0) is 42.3 Å². The fourth-order valence-electron chi connectivity index (χ4n) is 2.28. The molecule has 0 spiro atoms. The molecule has 0 atom stereocenters. The average molecular weight is 397 g/mol. The monoisotopic (exact) mass is 396 g/mol. The quantitative estimate of drug-likeness (QED) is 0.637. The first-order chi connectivity index (χ1) is 12.4. The van der Waals surface area contributed by atoms with Gasteiger partial charge >= 0.3 is 0 Å². The number of hydrogen-bond donors (Lipinski definition) is 2. The van der Waals surface area contributed by atoms with Crippen LogP contribution in [-0.4, -0.2) is 34.5 Å². The summed E-state index contributed by atoms with van der Waals surface area (Å²) < 4.78 is 31.8. The highest BCUT2D eigenvalue weighted by Gasteiger charge is 2.13. The Bertz CT molecular complexity index is 856. The lowest BCUT2D eigenvalue weighted by Crippen LogP contribution is -2.34. The highest BCUT2D eigenvalue weighted by atomic mass is 35.5. The van der Waals surface area contributed by atoms with Gasteiger partial charge in [-0.15, -0.1) is 0 Å². The molecule has 2 aromatic rings. The molecule has 0 saturated heterocycles. The fourth-order valence-corrected chi connectivity index (χ4v) is 3.61. The molecular formula is C18H21ClN2O4S. The van der Waals surface area contributed by atoms with Crippen molar-refractivity contribution >= 4 is 27.5 Å². The minimum atomic E-state index is -3.64. The maximum absolute atomic E-state index is 12.1. The van der Waals surface area contributed by atoms with Gasteiger partial charge in [0.05, 0.1) is 12.0 Å². The number of carbonyl (C=O) groups excluding carboxylic acids is 1. The molecule has 8 heteroatoms. The van der Waals surface area contributed by atoms with Crippen LogP contribution in [0.4, 0.5) is 0 Å². The van der Waals surface area contributed by atoms with Crippen LogP contribution in [0.25, 0.3) is 0 Å². The molecule has 0 heterocycles. The number of carbonyl (C=O) groups is 1. The van der Waals surface area contributed by atoms with Gasteiger partial charge < -0.3 is 10.1 Å². The van der Waals surface area contributed by atoms with Crippen LogP contribution in [-0.2, 0) is 21.2 Å². The number of amides is 1. The Labute approximate surface area is 158 Å². The van der Waals surface area contributed by atoms with Crippen molar-refractivity contribution < 1.29 is 17.9 Å². The number of benzene rings is 2. The van der Waals surface area contributed by atoms with Crippen LogP contribution in [0.3, 0.4) is 0 Å². The second kappa shape index (κ2) is 9.56. The van der Waals surface area contributed by atoms with E-state index in [2.05, 4.69) is 10.0 Å². The summed E-state index contributed by atoms with van der Waals surface area (Å²) in [6.45, 7) is 0.302. The number of halogens is 1. The molecule has 0 aliphatic heterocycles. The van der Waals surface area contributed by atoms with E-state index in [4.69, 9.17) is 16.3 Å². The molecule has 0 unspecified atom stereocenters. The first-order valence-electron chi connectivity index (χ1n) is 8.05. The average Bonchev–Trinajstić information content (AvgIpc) is 2.64. The molecule has 140 valence electrons. The molecule has 1 amide bonds. The Morgan fingerprint density at radius 2 is 1.88 bits per heavy atom. The SMILES string of the molecule is COc1cccc(CCC(=O)NCCNS(=O)(=O)c2cccc(Cl)c2)c1. The van der Waals surface area contributed by atoms with E-state index in [1.165, 1.54) is 12.1 Å². The van der Waals surface area contributed by atoms with Crippen molar-refractivity contribution in [1.29, 1.82) is 0 Å². The van der Waals surface area contributed by atoms with Gasteiger partial charge in [0.1, 0.15) is 5.75 Å². The first kappa shape index (κ1) is 20.2. The lowest BCUT2D eigenvalue weighted by Gasteiger charge is -2.09. The predicted octanol–water partition coefficient (Wildman–Crippen LogP) is 2.38. The lowest BCUT2D eigenvalue weighted by molar-refractivity contribution is -0.121. The van der Waals surface area contributed by atoms with Crippen LogP contribution < -0.4 is 14.8 Å². The van der Waals surface area contributed by atoms with Gasteiger partial charge in [-0.25, -0.2) is 13.1 Å². The van der Waals surface area contributed by atoms with Gasteiger partial charge in [0, 0.05) is 24.5 Å². The molecular weight excluding hydrogens is 376 g/mol. The lowest BCUT2D eigenvalue weighted by atomic mass is 10.1. The van der Waals surface area contributed by atoms with Gasteiger partial charge in [0.15, 0.2) is 0 Å². The van der Waals surface area contributed by atoms with Crippen molar-refractivity contribution in [2.24, 2.45) is 0 Å². The molecule has 2 rings (SSSR count). The minimum Gasteiger partial charge on any atom is -0.497 e. The molecule has 2 aromatic carbocycles. The highest BCUT2D eigenvalue weighted by molar-refractivity contribution is 7.89. The van der Waals surface area contributed by atoms with Crippen molar-refractivity contribution in [3.63, 3.8) is 0 Å². The van der Waals surface area contributed by atoms with E-state index in [-0.39, 0.29) is 23.9 Å². The largest absolute Gasteiger partial charge is 0.497 e. The van der Waals surface area contributed by atoms with E-state index < -0.39 is 10.0 Å². The number of methoxy groups -OCH3 is 1. The van der Waals surface area contributed by atoms with Gasteiger partial charge in [-0.3, -0.25) is 4.79 Å². The number of aryl methyl sites for hydroxylation is 1. The van der Waals surface area contributed by atoms with Crippen LogP contribution in [0, 0.1) is 0 Å². The normalized spacial score (nSPS) is 11.2. The van der Waals surface area contributed by atoms with Crippen molar-refractivity contribution in [2.75, 3.05) is 20.2 Å². The van der Waals surface area contributed by atoms with E-state index in [1.807, 2.05) is 24.3 Å². The summed E-state index contributed by atoms with van der Waals surface area (Å²) >= 11 is 5.80. The zero-order valence-electron chi connectivity index (χ0n) is 14.4. The fraction of sp³-hybridized carbons (Fsp3) is 0.278. The summed E-state index contributed by atoms with van der Waals surface area (Å²) in [5, 5.41) is 3.04. The standard InChI is InChI=1S/C18H21ClN2O4S/c1-25-16-6-2-4-14(12-16)8-9-18(22)20-10-11-21-26(23,24)17-7-3-5-15(19)13-17/h2-7,12-13,21H,8-11H2,1H3,(H,20,22). The highest BCUT2D eigenvalue weighted by Crippen LogP contribution is 2.15. The third-order valence-corrected chi connectivity index (χ3v) is 5.31. The van der Waals surface area contributed by atoms with Crippen molar-refractivity contribution in [3.8, 4) is 5.75 Å². The van der Waals surface area contributed by atoms with Gasteiger partial charge in [-0.2, -0.15) is 0 Å². The Kier molecular flexibility index (Phi) is 7.44. The minimum absolute atomic E-state index is 0.0920. The number of rotatable bonds is 9. The zero-order chi connectivity index (χ0) is 19.0. The summed E-state index contributed by atoms with van der Waals surface area (Å²) in [6.07, 6.45) is 0.894. The molecule has 2 N–H and O–H groups in total. The zero-order valence-corrected chi connectivity index (χ0v) is 15.9. The summed E-state index contributed by atoms with van der Waals surface area (Å²) in [6, 6.07) is 13.5. The number of hydrogen-bond acceptors (Lipinski definition) is 4. The third-order valence-electron chi connectivity index (χ3n) is 3.62. The van der Waals surface area contributed by atoms with Crippen LogP contribution in [0.2, 0.25) is 5.02 Å². The van der Waals surface area contributed by atoms with Crippen molar-refractivity contribution in [3.05, 3.63) is 59.1 Å². The second-order valence-corrected chi connectivity index (χ2v) is 7.76. The summed E-state index contributed by atoms with van der Waals surface area (Å²) in [5.41, 5.74) is 1.00. The summed E-state index contributed by atoms with van der Waals surface area (Å²) in [4.78, 5) is 12.0. The Morgan fingerprint density at radius 1 is 1.12 bits per heavy atom. The molecule has 0 aromatic heterocycles. The van der Waals surface area contributed by atoms with Gasteiger partial charge in [0.2, 0.25) is 15.9 Å².